The lowest BCUT2D eigenvalue weighted by molar-refractivity contribution is -0.0285. The zero-order valence-corrected chi connectivity index (χ0v) is 17.1. The predicted molar refractivity (Wildman–Crippen MR) is 116 cm³/mol. The van der Waals surface area contributed by atoms with Gasteiger partial charge in [0.25, 0.3) is 5.70 Å². The Labute approximate surface area is 173 Å². The fourth-order valence-electron chi connectivity index (χ4n) is 4.85. The highest BCUT2D eigenvalue weighted by Gasteiger charge is 2.38. The molecule has 148 valence electrons. The predicted octanol–water partition coefficient (Wildman–Crippen LogP) is 5.79. The SMILES string of the molecule is [C-]#[N+]/C(C#N)=C1C=C(/C=C/c2ccc3c(c2)CCCN3C)OC2(CCCCC2)C\1. The van der Waals surface area contributed by atoms with Crippen molar-refractivity contribution < 1.29 is 4.74 Å². The van der Waals surface area contributed by atoms with Crippen LogP contribution in [-0.4, -0.2) is 19.2 Å². The largest absolute Gasteiger partial charge is 0.487 e. The maximum atomic E-state index is 9.38. The van der Waals surface area contributed by atoms with E-state index in [2.05, 4.69) is 47.1 Å². The Morgan fingerprint density at radius 1 is 1.24 bits per heavy atom. The summed E-state index contributed by atoms with van der Waals surface area (Å²) in [5, 5.41) is 9.38. The van der Waals surface area contributed by atoms with Gasteiger partial charge in [-0.2, -0.15) is 0 Å². The van der Waals surface area contributed by atoms with Crippen molar-refractivity contribution in [2.75, 3.05) is 18.5 Å². The molecule has 4 rings (SSSR count). The normalized spacial score (nSPS) is 22.3. The van der Waals surface area contributed by atoms with Crippen LogP contribution < -0.4 is 4.90 Å². The van der Waals surface area contributed by atoms with E-state index in [1.807, 2.05) is 12.2 Å². The number of hydrogen-bond donors (Lipinski definition) is 0. The van der Waals surface area contributed by atoms with Gasteiger partial charge in [0.05, 0.1) is 12.6 Å². The molecular formula is C25H27N3O. The van der Waals surface area contributed by atoms with Gasteiger partial charge in [0.15, 0.2) is 0 Å². The van der Waals surface area contributed by atoms with Gasteiger partial charge in [-0.1, -0.05) is 18.6 Å². The number of fused-ring (bicyclic) bond motifs is 1. The molecule has 1 saturated carbocycles. The lowest BCUT2D eigenvalue weighted by Crippen LogP contribution is -2.37. The summed E-state index contributed by atoms with van der Waals surface area (Å²) < 4.78 is 6.46. The third kappa shape index (κ3) is 4.08. The molecule has 3 aliphatic rings. The molecule has 0 radical (unpaired) electrons. The molecule has 29 heavy (non-hydrogen) atoms. The third-order valence-corrected chi connectivity index (χ3v) is 6.34. The summed E-state index contributed by atoms with van der Waals surface area (Å²) in [5.74, 6) is 0.763. The van der Waals surface area contributed by atoms with Crippen LogP contribution in [0, 0.1) is 17.9 Å². The van der Waals surface area contributed by atoms with Crippen molar-refractivity contribution in [3.63, 3.8) is 0 Å². The number of nitriles is 1. The first-order valence-corrected chi connectivity index (χ1v) is 10.6. The highest BCUT2D eigenvalue weighted by atomic mass is 16.5. The molecule has 1 aliphatic carbocycles. The number of aryl methyl sites for hydroxylation is 1. The molecule has 1 aromatic rings. The first-order valence-electron chi connectivity index (χ1n) is 10.6. The van der Waals surface area contributed by atoms with E-state index >= 15 is 0 Å². The Hall–Kier alpha value is -2.98. The Kier molecular flexibility index (Phi) is 5.45. The summed E-state index contributed by atoms with van der Waals surface area (Å²) >= 11 is 0. The van der Waals surface area contributed by atoms with E-state index in [4.69, 9.17) is 11.3 Å². The van der Waals surface area contributed by atoms with Gasteiger partial charge in [0, 0.05) is 25.7 Å². The summed E-state index contributed by atoms with van der Waals surface area (Å²) in [6.07, 6.45) is 14.4. The van der Waals surface area contributed by atoms with Gasteiger partial charge >= 0.3 is 0 Å². The van der Waals surface area contributed by atoms with Crippen LogP contribution in [0.2, 0.25) is 0 Å². The molecule has 1 aromatic carbocycles. The zero-order valence-electron chi connectivity index (χ0n) is 17.1. The lowest BCUT2D eigenvalue weighted by Gasteiger charge is -2.41. The van der Waals surface area contributed by atoms with E-state index in [1.165, 1.54) is 24.1 Å². The minimum Gasteiger partial charge on any atom is -0.487 e. The van der Waals surface area contributed by atoms with E-state index < -0.39 is 0 Å². The Morgan fingerprint density at radius 2 is 2.07 bits per heavy atom. The highest BCUT2D eigenvalue weighted by molar-refractivity contribution is 5.63. The maximum Gasteiger partial charge on any atom is 0.265 e. The van der Waals surface area contributed by atoms with E-state index in [9.17, 15) is 5.26 Å². The van der Waals surface area contributed by atoms with Crippen LogP contribution in [0.5, 0.6) is 0 Å². The van der Waals surface area contributed by atoms with Gasteiger partial charge in [-0.3, -0.25) is 0 Å². The number of anilines is 1. The summed E-state index contributed by atoms with van der Waals surface area (Å²) in [5.41, 5.74) is 4.63. The first kappa shape index (κ1) is 19.3. The number of nitrogens with zero attached hydrogens (tertiary/aromatic N) is 3. The molecule has 2 aliphatic heterocycles. The van der Waals surface area contributed by atoms with Crippen LogP contribution >= 0.6 is 0 Å². The molecular weight excluding hydrogens is 358 g/mol. The van der Waals surface area contributed by atoms with E-state index in [1.54, 1.807) is 0 Å². The van der Waals surface area contributed by atoms with Gasteiger partial charge in [0.1, 0.15) is 11.4 Å². The Balaban J connectivity index is 1.63. The molecule has 0 atom stereocenters. The van der Waals surface area contributed by atoms with Crippen LogP contribution in [-0.2, 0) is 11.2 Å². The van der Waals surface area contributed by atoms with E-state index in [0.717, 1.165) is 55.5 Å². The van der Waals surface area contributed by atoms with Crippen molar-refractivity contribution in [1.29, 1.82) is 5.26 Å². The van der Waals surface area contributed by atoms with Crippen LogP contribution in [0.15, 0.2) is 47.4 Å². The smallest absolute Gasteiger partial charge is 0.265 e. The number of ether oxygens (including phenoxy) is 1. The molecule has 0 unspecified atom stereocenters. The summed E-state index contributed by atoms with van der Waals surface area (Å²) in [4.78, 5) is 5.77. The molecule has 1 fully saturated rings. The fourth-order valence-corrected chi connectivity index (χ4v) is 4.85. The maximum absolute atomic E-state index is 9.38. The second-order valence-electron chi connectivity index (χ2n) is 8.41. The summed E-state index contributed by atoms with van der Waals surface area (Å²) in [6.45, 7) is 8.47. The topological polar surface area (TPSA) is 40.6 Å². The molecule has 0 bridgehead atoms. The molecule has 1 spiro atoms. The quantitative estimate of drug-likeness (QED) is 0.478. The lowest BCUT2D eigenvalue weighted by atomic mass is 9.78. The minimum atomic E-state index is -0.257. The second kappa shape index (κ2) is 8.18. The van der Waals surface area contributed by atoms with Gasteiger partial charge in [-0.05, 0) is 79.5 Å². The number of benzene rings is 1. The fraction of sp³-hybridized carbons (Fsp3) is 0.440. The average molecular weight is 386 g/mol. The van der Waals surface area contributed by atoms with Gasteiger partial charge in [-0.15, -0.1) is 0 Å². The first-order chi connectivity index (χ1) is 14.1. The molecule has 4 nitrogen and oxygen atoms in total. The van der Waals surface area contributed by atoms with E-state index in [-0.39, 0.29) is 11.3 Å². The zero-order chi connectivity index (χ0) is 20.3. The highest BCUT2D eigenvalue weighted by Crippen LogP contribution is 2.43. The minimum absolute atomic E-state index is 0.195. The number of rotatable bonds is 2. The van der Waals surface area contributed by atoms with E-state index in [0.29, 0.717) is 6.42 Å². The molecule has 0 aromatic heterocycles. The van der Waals surface area contributed by atoms with Gasteiger partial charge < -0.3 is 9.64 Å². The molecule has 2 heterocycles. The molecule has 0 amide bonds. The Bertz CT molecular complexity index is 949. The van der Waals surface area contributed by atoms with Crippen molar-refractivity contribution in [3.8, 4) is 6.07 Å². The van der Waals surface area contributed by atoms with Crippen molar-refractivity contribution in [3.05, 3.63) is 69.9 Å². The van der Waals surface area contributed by atoms with Crippen molar-refractivity contribution in [1.82, 2.24) is 0 Å². The van der Waals surface area contributed by atoms with Crippen LogP contribution in [0.1, 0.15) is 56.1 Å². The Morgan fingerprint density at radius 3 is 2.83 bits per heavy atom. The van der Waals surface area contributed by atoms with Crippen LogP contribution in [0.25, 0.3) is 10.9 Å². The molecule has 4 heteroatoms. The number of allylic oxidation sites excluding steroid dienone is 3. The third-order valence-electron chi connectivity index (χ3n) is 6.34. The van der Waals surface area contributed by atoms with Gasteiger partial charge in [0.2, 0.25) is 0 Å². The van der Waals surface area contributed by atoms with Crippen LogP contribution in [0.3, 0.4) is 0 Å². The van der Waals surface area contributed by atoms with Crippen molar-refractivity contribution in [2.45, 2.75) is 57.0 Å². The number of hydrogen-bond acceptors (Lipinski definition) is 3. The molecule has 0 N–H and O–H groups in total. The van der Waals surface area contributed by atoms with Crippen molar-refractivity contribution in [2.24, 2.45) is 0 Å². The average Bonchev–Trinajstić information content (AvgIpc) is 2.74. The summed E-state index contributed by atoms with van der Waals surface area (Å²) in [6, 6.07) is 8.68. The van der Waals surface area contributed by atoms with Gasteiger partial charge in [-0.25, -0.2) is 10.1 Å². The monoisotopic (exact) mass is 385 g/mol. The second-order valence-corrected chi connectivity index (χ2v) is 8.41. The van der Waals surface area contributed by atoms with Crippen LogP contribution in [0.4, 0.5) is 5.69 Å². The standard InChI is InChI=1S/C25H27N3O/c1-27-23(18-26)21-16-22(29-25(17-21)12-4-3-5-13-25)10-8-19-9-11-24-20(15-19)7-6-14-28(24)2/h8-11,15-16H,3-7,12-14,17H2,2H3/b10-8+,23-21+. The summed E-state index contributed by atoms with van der Waals surface area (Å²) in [7, 11) is 2.15. The molecule has 0 saturated heterocycles. The van der Waals surface area contributed by atoms with Crippen molar-refractivity contribution >= 4 is 11.8 Å².